The maximum atomic E-state index is 5.91. The molecule has 2 aromatic carbocycles. The molecule has 0 heterocycles. The van der Waals surface area contributed by atoms with Crippen molar-refractivity contribution < 1.29 is 0 Å². The fraction of sp³-hybridized carbons (Fsp3) is 0.250. The highest BCUT2D eigenvalue weighted by Crippen LogP contribution is 2.23. The van der Waals surface area contributed by atoms with Gasteiger partial charge in [-0.15, -0.1) is 0 Å². The van der Waals surface area contributed by atoms with E-state index in [2.05, 4.69) is 55.5 Å². The van der Waals surface area contributed by atoms with E-state index in [-0.39, 0.29) is 0 Å². The fourth-order valence-electron chi connectivity index (χ4n) is 2.14. The average molecular weight is 225 g/mol. The molecule has 2 aromatic rings. The highest BCUT2D eigenvalue weighted by atomic mass is 14.5. The normalized spacial score (nSPS) is 12.4. The maximum absolute atomic E-state index is 5.91. The lowest BCUT2D eigenvalue weighted by Crippen LogP contribution is -2.13. The van der Waals surface area contributed by atoms with Crippen molar-refractivity contribution in [3.8, 4) is 0 Å². The van der Waals surface area contributed by atoms with Crippen molar-refractivity contribution in [2.24, 2.45) is 5.73 Å². The van der Waals surface area contributed by atoms with Crippen LogP contribution in [0.3, 0.4) is 0 Å². The Balaban J connectivity index is 2.29. The van der Waals surface area contributed by atoms with Crippen LogP contribution in [0.5, 0.6) is 0 Å². The second-order valence-corrected chi connectivity index (χ2v) is 4.29. The van der Waals surface area contributed by atoms with Gasteiger partial charge < -0.3 is 5.73 Å². The van der Waals surface area contributed by atoms with Crippen LogP contribution in [0.2, 0.25) is 0 Å². The topological polar surface area (TPSA) is 26.0 Å². The minimum Gasteiger partial charge on any atom is -0.330 e. The molecule has 0 fully saturated rings. The van der Waals surface area contributed by atoms with Crippen molar-refractivity contribution in [2.75, 3.05) is 6.54 Å². The molecule has 1 nitrogen and oxygen atoms in total. The summed E-state index contributed by atoms with van der Waals surface area (Å²) in [5.41, 5.74) is 9.87. The van der Waals surface area contributed by atoms with Crippen LogP contribution in [0.15, 0.2) is 54.6 Å². The zero-order chi connectivity index (χ0) is 12.1. The highest BCUT2D eigenvalue weighted by molar-refractivity contribution is 5.34. The van der Waals surface area contributed by atoms with Gasteiger partial charge in [-0.3, -0.25) is 0 Å². The lowest BCUT2D eigenvalue weighted by molar-refractivity contribution is 0.818. The minimum atomic E-state index is 0.308. The number of aryl methyl sites for hydroxylation is 1. The Hall–Kier alpha value is -1.60. The lowest BCUT2D eigenvalue weighted by atomic mass is 9.91. The molecule has 0 saturated heterocycles. The first-order valence-electron chi connectivity index (χ1n) is 6.19. The van der Waals surface area contributed by atoms with E-state index < -0.39 is 0 Å². The van der Waals surface area contributed by atoms with E-state index in [0.717, 1.165) is 6.42 Å². The van der Waals surface area contributed by atoms with Gasteiger partial charge in [0.2, 0.25) is 0 Å². The van der Waals surface area contributed by atoms with E-state index in [1.165, 1.54) is 16.7 Å². The molecule has 2 rings (SSSR count). The van der Waals surface area contributed by atoms with Crippen LogP contribution < -0.4 is 5.73 Å². The largest absolute Gasteiger partial charge is 0.330 e. The van der Waals surface area contributed by atoms with Crippen LogP contribution in [-0.4, -0.2) is 6.54 Å². The molecule has 0 aliphatic heterocycles. The van der Waals surface area contributed by atoms with Crippen molar-refractivity contribution in [2.45, 2.75) is 19.3 Å². The number of nitrogens with two attached hydrogens (primary N) is 1. The predicted molar refractivity (Wildman–Crippen MR) is 73.2 cm³/mol. The van der Waals surface area contributed by atoms with Gasteiger partial charge in [0.05, 0.1) is 0 Å². The molecule has 88 valence electrons. The summed E-state index contributed by atoms with van der Waals surface area (Å²) in [4.78, 5) is 0. The molecule has 2 N–H and O–H groups in total. The third kappa shape index (κ3) is 2.75. The van der Waals surface area contributed by atoms with Crippen molar-refractivity contribution in [1.82, 2.24) is 0 Å². The zero-order valence-electron chi connectivity index (χ0n) is 10.3. The van der Waals surface area contributed by atoms with E-state index in [1.807, 2.05) is 6.07 Å². The van der Waals surface area contributed by atoms with Crippen LogP contribution in [-0.2, 0) is 6.42 Å². The molecule has 0 aliphatic rings. The zero-order valence-corrected chi connectivity index (χ0v) is 10.3. The summed E-state index contributed by atoms with van der Waals surface area (Å²) in [5.74, 6) is 0.308. The van der Waals surface area contributed by atoms with Crippen LogP contribution in [0.25, 0.3) is 0 Å². The monoisotopic (exact) mass is 225 g/mol. The number of hydrogen-bond donors (Lipinski definition) is 1. The third-order valence-corrected chi connectivity index (χ3v) is 3.23. The quantitative estimate of drug-likeness (QED) is 0.848. The van der Waals surface area contributed by atoms with Crippen molar-refractivity contribution in [1.29, 1.82) is 0 Å². The van der Waals surface area contributed by atoms with Gasteiger partial charge >= 0.3 is 0 Å². The standard InChI is InChI=1S/C16H19N/c1-2-13-8-10-15(11-9-13)16(12-17)14-6-4-3-5-7-14/h3-11,16H,2,12,17H2,1H3. The van der Waals surface area contributed by atoms with Crippen LogP contribution in [0, 0.1) is 0 Å². The molecule has 0 saturated carbocycles. The Morgan fingerprint density at radius 3 is 2.00 bits per heavy atom. The molecule has 1 heteroatoms. The first-order valence-corrected chi connectivity index (χ1v) is 6.19. The Morgan fingerprint density at radius 1 is 0.882 bits per heavy atom. The molecule has 0 spiro atoms. The van der Waals surface area contributed by atoms with Gasteiger partial charge in [-0.1, -0.05) is 61.5 Å². The molecule has 0 bridgehead atoms. The Morgan fingerprint density at radius 2 is 1.47 bits per heavy atom. The Kier molecular flexibility index (Phi) is 3.94. The van der Waals surface area contributed by atoms with Crippen molar-refractivity contribution >= 4 is 0 Å². The van der Waals surface area contributed by atoms with Crippen LogP contribution in [0.4, 0.5) is 0 Å². The molecule has 17 heavy (non-hydrogen) atoms. The van der Waals surface area contributed by atoms with Gasteiger partial charge in [0.1, 0.15) is 0 Å². The molecular weight excluding hydrogens is 206 g/mol. The molecule has 0 amide bonds. The second kappa shape index (κ2) is 5.65. The molecule has 1 atom stereocenters. The summed E-state index contributed by atoms with van der Waals surface area (Å²) in [6.45, 7) is 2.82. The lowest BCUT2D eigenvalue weighted by Gasteiger charge is -2.16. The van der Waals surface area contributed by atoms with Crippen LogP contribution >= 0.6 is 0 Å². The van der Waals surface area contributed by atoms with E-state index in [9.17, 15) is 0 Å². The first kappa shape index (κ1) is 11.9. The summed E-state index contributed by atoms with van der Waals surface area (Å²) in [6.07, 6.45) is 1.08. The summed E-state index contributed by atoms with van der Waals surface area (Å²) < 4.78 is 0. The third-order valence-electron chi connectivity index (χ3n) is 3.23. The van der Waals surface area contributed by atoms with Gasteiger partial charge in [-0.05, 0) is 23.1 Å². The summed E-state index contributed by atoms with van der Waals surface area (Å²) in [6, 6.07) is 19.2. The summed E-state index contributed by atoms with van der Waals surface area (Å²) in [5, 5.41) is 0. The molecule has 1 unspecified atom stereocenters. The van der Waals surface area contributed by atoms with E-state index in [1.54, 1.807) is 0 Å². The van der Waals surface area contributed by atoms with E-state index >= 15 is 0 Å². The van der Waals surface area contributed by atoms with Gasteiger partial charge in [0, 0.05) is 12.5 Å². The summed E-state index contributed by atoms with van der Waals surface area (Å²) >= 11 is 0. The minimum absolute atomic E-state index is 0.308. The number of rotatable bonds is 4. The number of hydrogen-bond acceptors (Lipinski definition) is 1. The van der Waals surface area contributed by atoms with Gasteiger partial charge in [0.25, 0.3) is 0 Å². The van der Waals surface area contributed by atoms with Gasteiger partial charge in [-0.2, -0.15) is 0 Å². The first-order chi connectivity index (χ1) is 8.35. The number of benzene rings is 2. The molecule has 0 aromatic heterocycles. The predicted octanol–water partition coefficient (Wildman–Crippen LogP) is 3.34. The average Bonchev–Trinajstić information content (AvgIpc) is 2.42. The maximum Gasteiger partial charge on any atom is 0.0212 e. The van der Waals surface area contributed by atoms with Crippen molar-refractivity contribution in [3.05, 3.63) is 71.3 Å². The Labute approximate surface area is 103 Å². The summed E-state index contributed by atoms with van der Waals surface area (Å²) in [7, 11) is 0. The highest BCUT2D eigenvalue weighted by Gasteiger charge is 2.11. The van der Waals surface area contributed by atoms with Crippen molar-refractivity contribution in [3.63, 3.8) is 0 Å². The molecule has 0 radical (unpaired) electrons. The smallest absolute Gasteiger partial charge is 0.0212 e. The van der Waals surface area contributed by atoms with Gasteiger partial charge in [-0.25, -0.2) is 0 Å². The van der Waals surface area contributed by atoms with Crippen LogP contribution in [0.1, 0.15) is 29.5 Å². The fourth-order valence-corrected chi connectivity index (χ4v) is 2.14. The SMILES string of the molecule is CCc1ccc(C(CN)c2ccccc2)cc1. The van der Waals surface area contributed by atoms with Gasteiger partial charge in [0.15, 0.2) is 0 Å². The van der Waals surface area contributed by atoms with E-state index in [0.29, 0.717) is 12.5 Å². The molecule has 0 aliphatic carbocycles. The Bertz CT molecular complexity index is 445. The second-order valence-electron chi connectivity index (χ2n) is 4.29. The van der Waals surface area contributed by atoms with E-state index in [4.69, 9.17) is 5.73 Å². The molecular formula is C16H19N.